The molecule has 1 fully saturated rings. The molecule has 3 heterocycles. The smallest absolute Gasteiger partial charge is 0.272 e. The van der Waals surface area contributed by atoms with Crippen molar-refractivity contribution in [2.45, 2.75) is 38.3 Å². The molecule has 1 saturated heterocycles. The van der Waals surface area contributed by atoms with E-state index in [0.717, 1.165) is 19.3 Å². The first-order chi connectivity index (χ1) is 10.7. The van der Waals surface area contributed by atoms with Crippen LogP contribution in [-0.4, -0.2) is 49.4 Å². The molecule has 0 aliphatic carbocycles. The Morgan fingerprint density at radius 2 is 2.23 bits per heavy atom. The van der Waals surface area contributed by atoms with Crippen molar-refractivity contribution in [1.29, 1.82) is 0 Å². The van der Waals surface area contributed by atoms with Crippen LogP contribution in [0.25, 0.3) is 5.82 Å². The van der Waals surface area contributed by atoms with Crippen LogP contribution in [0.15, 0.2) is 36.7 Å². The van der Waals surface area contributed by atoms with E-state index >= 15 is 0 Å². The van der Waals surface area contributed by atoms with Crippen molar-refractivity contribution in [1.82, 2.24) is 19.7 Å². The number of aromatic nitrogens is 3. The summed E-state index contributed by atoms with van der Waals surface area (Å²) in [6, 6.07) is 7.01. The molecule has 0 bridgehead atoms. The van der Waals surface area contributed by atoms with Crippen LogP contribution in [0.2, 0.25) is 0 Å². The number of aliphatic hydroxyl groups is 1. The molecule has 0 saturated carbocycles. The molecule has 0 radical (unpaired) electrons. The standard InChI is InChI=1S/C16H20N4O2/c1-12(21)14-7-2-3-10-19(14)16(22)13-6-4-8-15(18-13)20-11-5-9-17-20/h4-6,8-9,11-12,14,21H,2-3,7,10H2,1H3. The molecule has 6 nitrogen and oxygen atoms in total. The van der Waals surface area contributed by atoms with Gasteiger partial charge in [-0.1, -0.05) is 6.07 Å². The summed E-state index contributed by atoms with van der Waals surface area (Å²) in [7, 11) is 0. The number of hydrogen-bond acceptors (Lipinski definition) is 4. The first kappa shape index (κ1) is 14.7. The predicted molar refractivity (Wildman–Crippen MR) is 81.7 cm³/mol. The molecule has 22 heavy (non-hydrogen) atoms. The Labute approximate surface area is 129 Å². The minimum Gasteiger partial charge on any atom is -0.391 e. The Morgan fingerprint density at radius 3 is 2.95 bits per heavy atom. The van der Waals surface area contributed by atoms with Gasteiger partial charge in [0.15, 0.2) is 5.82 Å². The number of piperidine rings is 1. The predicted octanol–water partition coefficient (Wildman–Crippen LogP) is 1.64. The average molecular weight is 300 g/mol. The van der Waals surface area contributed by atoms with Gasteiger partial charge in [0, 0.05) is 18.9 Å². The van der Waals surface area contributed by atoms with E-state index in [1.165, 1.54) is 0 Å². The first-order valence-corrected chi connectivity index (χ1v) is 7.63. The zero-order chi connectivity index (χ0) is 15.5. The third-order valence-electron chi connectivity index (χ3n) is 4.06. The minimum absolute atomic E-state index is 0.125. The van der Waals surface area contributed by atoms with Crippen molar-refractivity contribution >= 4 is 5.91 Å². The lowest BCUT2D eigenvalue weighted by Gasteiger charge is -2.37. The maximum atomic E-state index is 12.8. The summed E-state index contributed by atoms with van der Waals surface area (Å²) in [5.74, 6) is 0.487. The molecule has 0 spiro atoms. The topological polar surface area (TPSA) is 71.2 Å². The first-order valence-electron chi connectivity index (χ1n) is 7.63. The van der Waals surface area contributed by atoms with Gasteiger partial charge in [0.1, 0.15) is 5.69 Å². The SMILES string of the molecule is CC(O)C1CCCCN1C(=O)c1cccc(-n2cccn2)n1. The molecule has 6 heteroatoms. The lowest BCUT2D eigenvalue weighted by molar-refractivity contribution is 0.0276. The van der Waals surface area contributed by atoms with Gasteiger partial charge >= 0.3 is 0 Å². The molecule has 1 aliphatic rings. The lowest BCUT2D eigenvalue weighted by atomic mass is 9.97. The number of pyridine rings is 1. The molecule has 2 unspecified atom stereocenters. The number of rotatable bonds is 3. The number of carbonyl (C=O) groups is 1. The van der Waals surface area contributed by atoms with Crippen LogP contribution < -0.4 is 0 Å². The number of nitrogens with zero attached hydrogens (tertiary/aromatic N) is 4. The van der Waals surface area contributed by atoms with E-state index in [9.17, 15) is 9.90 Å². The van der Waals surface area contributed by atoms with Gasteiger partial charge in [0.25, 0.3) is 5.91 Å². The second kappa shape index (κ2) is 6.27. The van der Waals surface area contributed by atoms with E-state index in [4.69, 9.17) is 0 Å². The van der Waals surface area contributed by atoms with Crippen LogP contribution in [0.1, 0.15) is 36.7 Å². The number of aliphatic hydroxyl groups excluding tert-OH is 1. The largest absolute Gasteiger partial charge is 0.391 e. The average Bonchev–Trinajstić information content (AvgIpc) is 3.09. The van der Waals surface area contributed by atoms with Crippen molar-refractivity contribution < 1.29 is 9.90 Å². The Hall–Kier alpha value is -2.21. The van der Waals surface area contributed by atoms with Crippen LogP contribution in [0.4, 0.5) is 0 Å². The maximum absolute atomic E-state index is 12.8. The highest BCUT2D eigenvalue weighted by atomic mass is 16.3. The summed E-state index contributed by atoms with van der Waals surface area (Å²) in [6.45, 7) is 2.41. The van der Waals surface area contributed by atoms with E-state index in [-0.39, 0.29) is 11.9 Å². The van der Waals surface area contributed by atoms with E-state index in [0.29, 0.717) is 18.1 Å². The zero-order valence-electron chi connectivity index (χ0n) is 12.6. The normalized spacial score (nSPS) is 19.9. The van der Waals surface area contributed by atoms with Crippen molar-refractivity contribution in [3.63, 3.8) is 0 Å². The molecule has 2 aromatic heterocycles. The van der Waals surface area contributed by atoms with Gasteiger partial charge < -0.3 is 10.0 Å². The fourth-order valence-electron chi connectivity index (χ4n) is 2.93. The van der Waals surface area contributed by atoms with Gasteiger partial charge in [-0.05, 0) is 44.4 Å². The second-order valence-corrected chi connectivity index (χ2v) is 5.63. The molecule has 0 aromatic carbocycles. The molecule has 1 N–H and O–H groups in total. The fourth-order valence-corrected chi connectivity index (χ4v) is 2.93. The summed E-state index contributed by atoms with van der Waals surface area (Å²) in [5, 5.41) is 14.1. The lowest BCUT2D eigenvalue weighted by Crippen LogP contribution is -2.49. The Bertz CT molecular complexity index is 639. The van der Waals surface area contributed by atoms with E-state index in [1.807, 2.05) is 12.1 Å². The molecular weight excluding hydrogens is 280 g/mol. The van der Waals surface area contributed by atoms with Crippen molar-refractivity contribution in [3.05, 3.63) is 42.4 Å². The van der Waals surface area contributed by atoms with Crippen molar-refractivity contribution in [2.24, 2.45) is 0 Å². The number of hydrogen-bond donors (Lipinski definition) is 1. The summed E-state index contributed by atoms with van der Waals surface area (Å²) in [4.78, 5) is 18.9. The van der Waals surface area contributed by atoms with E-state index in [2.05, 4.69) is 10.1 Å². The molecular formula is C16H20N4O2. The Morgan fingerprint density at radius 1 is 1.36 bits per heavy atom. The third kappa shape index (κ3) is 2.87. The Balaban J connectivity index is 1.86. The van der Waals surface area contributed by atoms with Crippen molar-refractivity contribution in [2.75, 3.05) is 6.54 Å². The van der Waals surface area contributed by atoms with Gasteiger partial charge in [-0.3, -0.25) is 4.79 Å². The van der Waals surface area contributed by atoms with Crippen LogP contribution in [0.5, 0.6) is 0 Å². The number of carbonyl (C=O) groups excluding carboxylic acids is 1. The highest BCUT2D eigenvalue weighted by Crippen LogP contribution is 2.22. The molecule has 2 atom stereocenters. The van der Waals surface area contributed by atoms with Gasteiger partial charge in [-0.2, -0.15) is 5.10 Å². The quantitative estimate of drug-likeness (QED) is 0.935. The molecule has 2 aromatic rings. The summed E-state index contributed by atoms with van der Waals surface area (Å²) < 4.78 is 1.62. The Kier molecular flexibility index (Phi) is 4.20. The highest BCUT2D eigenvalue weighted by molar-refractivity contribution is 5.92. The second-order valence-electron chi connectivity index (χ2n) is 5.63. The van der Waals surface area contributed by atoms with Gasteiger partial charge in [-0.25, -0.2) is 9.67 Å². The molecule has 116 valence electrons. The zero-order valence-corrected chi connectivity index (χ0v) is 12.6. The van der Waals surface area contributed by atoms with Crippen molar-refractivity contribution in [3.8, 4) is 5.82 Å². The monoisotopic (exact) mass is 300 g/mol. The van der Waals surface area contributed by atoms with Gasteiger partial charge in [0.2, 0.25) is 0 Å². The molecule has 3 rings (SSSR count). The van der Waals surface area contributed by atoms with Crippen LogP contribution in [0.3, 0.4) is 0 Å². The number of likely N-dealkylation sites (tertiary alicyclic amines) is 1. The maximum Gasteiger partial charge on any atom is 0.272 e. The summed E-state index contributed by atoms with van der Waals surface area (Å²) in [6.07, 6.45) is 5.77. The minimum atomic E-state index is -0.529. The number of amides is 1. The van der Waals surface area contributed by atoms with E-state index < -0.39 is 6.10 Å². The highest BCUT2D eigenvalue weighted by Gasteiger charge is 2.31. The van der Waals surface area contributed by atoms with Gasteiger partial charge in [-0.15, -0.1) is 0 Å². The summed E-state index contributed by atoms with van der Waals surface area (Å²) >= 11 is 0. The molecule has 1 aliphatic heterocycles. The van der Waals surface area contributed by atoms with E-state index in [1.54, 1.807) is 41.0 Å². The summed E-state index contributed by atoms with van der Waals surface area (Å²) in [5.41, 5.74) is 0.389. The fraction of sp³-hybridized carbons (Fsp3) is 0.438. The van der Waals surface area contributed by atoms with Crippen LogP contribution in [-0.2, 0) is 0 Å². The molecule has 1 amide bonds. The van der Waals surface area contributed by atoms with Gasteiger partial charge in [0.05, 0.1) is 12.1 Å². The van der Waals surface area contributed by atoms with Crippen LogP contribution in [0, 0.1) is 0 Å². The van der Waals surface area contributed by atoms with Crippen LogP contribution >= 0.6 is 0 Å². The third-order valence-corrected chi connectivity index (χ3v) is 4.06.